The van der Waals surface area contributed by atoms with Crippen molar-refractivity contribution in [2.75, 3.05) is 0 Å². The second kappa shape index (κ2) is 6.77. The fraction of sp³-hybridized carbons (Fsp3) is 0.0417. The number of benzene rings is 3. The van der Waals surface area contributed by atoms with Gasteiger partial charge in [0.2, 0.25) is 0 Å². The summed E-state index contributed by atoms with van der Waals surface area (Å²) in [6.07, 6.45) is 3.12. The zero-order chi connectivity index (χ0) is 20.8. The number of hydrogen-bond acceptors (Lipinski definition) is 3. The number of aromatic nitrogens is 3. The molecule has 5 nitrogen and oxygen atoms in total. The number of aryl methyl sites for hydroxylation is 1. The molecule has 6 heteroatoms. The standard InChI is InChI=1S/C24H16FN3O2/c1-14-6-2-4-8-16(14)18-11-21-19(10-20(18)25)23(29)28(24(30)27-21)22-13-26-12-15-7-3-5-9-17(15)22/h2-13H,1H3,(H,27,30). The highest BCUT2D eigenvalue weighted by atomic mass is 19.1. The first-order valence-corrected chi connectivity index (χ1v) is 9.42. The summed E-state index contributed by atoms with van der Waals surface area (Å²) in [5, 5.41) is 1.59. The average Bonchev–Trinajstić information content (AvgIpc) is 2.75. The first-order valence-electron chi connectivity index (χ1n) is 9.42. The van der Waals surface area contributed by atoms with Crippen molar-refractivity contribution >= 4 is 21.7 Å². The molecule has 3 aromatic carbocycles. The van der Waals surface area contributed by atoms with Crippen LogP contribution in [0.2, 0.25) is 0 Å². The smallest absolute Gasteiger partial charge is 0.306 e. The lowest BCUT2D eigenvalue weighted by Crippen LogP contribution is -2.34. The van der Waals surface area contributed by atoms with E-state index in [1.54, 1.807) is 12.3 Å². The number of pyridine rings is 1. The van der Waals surface area contributed by atoms with E-state index < -0.39 is 17.1 Å². The Morgan fingerprint density at radius 2 is 1.67 bits per heavy atom. The number of nitrogens with one attached hydrogen (secondary N) is 1. The van der Waals surface area contributed by atoms with Gasteiger partial charge in [-0.2, -0.15) is 0 Å². The third-order valence-electron chi connectivity index (χ3n) is 5.31. The highest BCUT2D eigenvalue weighted by Gasteiger charge is 2.16. The fourth-order valence-corrected chi connectivity index (χ4v) is 3.82. The predicted molar refractivity (Wildman–Crippen MR) is 116 cm³/mol. The Morgan fingerprint density at radius 1 is 0.900 bits per heavy atom. The maximum atomic E-state index is 15.0. The summed E-state index contributed by atoms with van der Waals surface area (Å²) < 4.78 is 16.0. The van der Waals surface area contributed by atoms with Gasteiger partial charge in [0.25, 0.3) is 5.56 Å². The normalized spacial score (nSPS) is 11.3. The number of halogens is 1. The van der Waals surface area contributed by atoms with Crippen LogP contribution in [0.3, 0.4) is 0 Å². The number of nitrogens with zero attached hydrogens (tertiary/aromatic N) is 2. The molecule has 0 atom stereocenters. The van der Waals surface area contributed by atoms with Crippen LogP contribution in [0.1, 0.15) is 5.56 Å². The molecule has 0 unspecified atom stereocenters. The van der Waals surface area contributed by atoms with Crippen molar-refractivity contribution in [3.05, 3.63) is 105 Å². The minimum absolute atomic E-state index is 0.0948. The molecule has 5 aromatic rings. The third-order valence-corrected chi connectivity index (χ3v) is 5.31. The van der Waals surface area contributed by atoms with Crippen LogP contribution in [0.5, 0.6) is 0 Å². The number of rotatable bonds is 2. The van der Waals surface area contributed by atoms with Gasteiger partial charge in [0.1, 0.15) is 5.82 Å². The molecule has 0 aliphatic carbocycles. The molecule has 1 N–H and O–H groups in total. The summed E-state index contributed by atoms with van der Waals surface area (Å²) in [5.74, 6) is -0.524. The Morgan fingerprint density at radius 3 is 2.50 bits per heavy atom. The number of aromatic amines is 1. The first kappa shape index (κ1) is 18.0. The van der Waals surface area contributed by atoms with Crippen LogP contribution < -0.4 is 11.2 Å². The molecule has 0 radical (unpaired) electrons. The topological polar surface area (TPSA) is 67.8 Å². The maximum Gasteiger partial charge on any atom is 0.333 e. The minimum atomic E-state index is -0.604. The molecular weight excluding hydrogens is 381 g/mol. The van der Waals surface area contributed by atoms with E-state index in [4.69, 9.17) is 0 Å². The highest BCUT2D eigenvalue weighted by molar-refractivity contribution is 5.90. The van der Waals surface area contributed by atoms with Gasteiger partial charge in [0, 0.05) is 22.5 Å². The Bertz CT molecular complexity index is 1560. The summed E-state index contributed by atoms with van der Waals surface area (Å²) in [6.45, 7) is 1.88. The number of fused-ring (bicyclic) bond motifs is 2. The average molecular weight is 397 g/mol. The molecule has 0 aliphatic heterocycles. The quantitative estimate of drug-likeness (QED) is 0.482. The van der Waals surface area contributed by atoms with Crippen molar-refractivity contribution in [2.24, 2.45) is 0 Å². The van der Waals surface area contributed by atoms with Gasteiger partial charge < -0.3 is 4.98 Å². The van der Waals surface area contributed by atoms with Crippen molar-refractivity contribution in [3.8, 4) is 16.8 Å². The number of H-pyrrole nitrogens is 1. The van der Waals surface area contributed by atoms with Crippen LogP contribution >= 0.6 is 0 Å². The Balaban J connectivity index is 1.81. The first-order chi connectivity index (χ1) is 14.5. The lowest BCUT2D eigenvalue weighted by atomic mass is 9.99. The third kappa shape index (κ3) is 2.73. The Labute approximate surface area is 170 Å². The van der Waals surface area contributed by atoms with Gasteiger partial charge in [-0.05, 0) is 30.2 Å². The second-order valence-electron chi connectivity index (χ2n) is 7.14. The van der Waals surface area contributed by atoms with E-state index in [1.807, 2.05) is 49.4 Å². The van der Waals surface area contributed by atoms with E-state index in [0.29, 0.717) is 22.2 Å². The molecule has 0 amide bonds. The molecule has 0 fully saturated rings. The van der Waals surface area contributed by atoms with Crippen molar-refractivity contribution in [2.45, 2.75) is 6.92 Å². The van der Waals surface area contributed by atoms with Crippen LogP contribution in [0.15, 0.2) is 82.6 Å². The molecule has 0 spiro atoms. The van der Waals surface area contributed by atoms with Crippen molar-refractivity contribution in [1.29, 1.82) is 0 Å². The summed E-state index contributed by atoms with van der Waals surface area (Å²) in [6, 6.07) is 17.4. The Hall–Kier alpha value is -4.06. The molecule has 30 heavy (non-hydrogen) atoms. The monoisotopic (exact) mass is 397 g/mol. The molecule has 5 rings (SSSR count). The lowest BCUT2D eigenvalue weighted by Gasteiger charge is -2.11. The molecule has 0 aliphatic rings. The minimum Gasteiger partial charge on any atom is -0.306 e. The molecular formula is C24H16FN3O2. The predicted octanol–water partition coefficient (Wildman–Crippen LogP) is 4.34. The van der Waals surface area contributed by atoms with Gasteiger partial charge in [0.05, 0.1) is 22.8 Å². The lowest BCUT2D eigenvalue weighted by molar-refractivity contribution is 0.632. The molecule has 0 bridgehead atoms. The summed E-state index contributed by atoms with van der Waals surface area (Å²) in [5.41, 5.74) is 1.38. The number of hydrogen-bond donors (Lipinski definition) is 1. The van der Waals surface area contributed by atoms with E-state index in [9.17, 15) is 9.59 Å². The molecule has 0 saturated carbocycles. The van der Waals surface area contributed by atoms with Crippen LogP contribution in [0.25, 0.3) is 38.5 Å². The van der Waals surface area contributed by atoms with E-state index >= 15 is 4.39 Å². The van der Waals surface area contributed by atoms with Gasteiger partial charge in [-0.15, -0.1) is 0 Å². The van der Waals surface area contributed by atoms with Crippen LogP contribution in [-0.2, 0) is 0 Å². The van der Waals surface area contributed by atoms with Gasteiger partial charge in [-0.1, -0.05) is 48.5 Å². The maximum absolute atomic E-state index is 15.0. The van der Waals surface area contributed by atoms with E-state index in [-0.39, 0.29) is 10.9 Å². The summed E-state index contributed by atoms with van der Waals surface area (Å²) in [7, 11) is 0. The molecule has 146 valence electrons. The van der Waals surface area contributed by atoms with Crippen molar-refractivity contribution in [3.63, 3.8) is 0 Å². The molecule has 2 aromatic heterocycles. The van der Waals surface area contributed by atoms with Gasteiger partial charge in [0.15, 0.2) is 0 Å². The van der Waals surface area contributed by atoms with E-state index in [0.717, 1.165) is 15.5 Å². The van der Waals surface area contributed by atoms with Crippen molar-refractivity contribution < 1.29 is 4.39 Å². The fourth-order valence-electron chi connectivity index (χ4n) is 3.82. The molecule has 2 heterocycles. The SMILES string of the molecule is Cc1ccccc1-c1cc2[nH]c(=O)n(-c3cncc4ccccc34)c(=O)c2cc1F. The van der Waals surface area contributed by atoms with Crippen LogP contribution in [-0.4, -0.2) is 14.5 Å². The highest BCUT2D eigenvalue weighted by Crippen LogP contribution is 2.28. The van der Waals surface area contributed by atoms with E-state index in [2.05, 4.69) is 9.97 Å². The zero-order valence-electron chi connectivity index (χ0n) is 16.0. The largest absolute Gasteiger partial charge is 0.333 e. The summed E-state index contributed by atoms with van der Waals surface area (Å²) in [4.78, 5) is 33.0. The second-order valence-corrected chi connectivity index (χ2v) is 7.14. The van der Waals surface area contributed by atoms with E-state index in [1.165, 1.54) is 18.3 Å². The van der Waals surface area contributed by atoms with Crippen molar-refractivity contribution in [1.82, 2.24) is 14.5 Å². The molecule has 0 saturated heterocycles. The Kier molecular flexibility index (Phi) is 4.06. The van der Waals surface area contributed by atoms with Gasteiger partial charge in [-0.3, -0.25) is 9.78 Å². The van der Waals surface area contributed by atoms with Gasteiger partial charge in [-0.25, -0.2) is 13.8 Å². The zero-order valence-corrected chi connectivity index (χ0v) is 16.0. The van der Waals surface area contributed by atoms with Crippen LogP contribution in [0.4, 0.5) is 4.39 Å². The van der Waals surface area contributed by atoms with Gasteiger partial charge >= 0.3 is 5.69 Å². The van der Waals surface area contributed by atoms with Crippen LogP contribution in [0, 0.1) is 12.7 Å². The summed E-state index contributed by atoms with van der Waals surface area (Å²) >= 11 is 0.